The van der Waals surface area contributed by atoms with Gasteiger partial charge in [0.05, 0.1) is 13.2 Å². The summed E-state index contributed by atoms with van der Waals surface area (Å²) in [4.78, 5) is 2.20. The highest BCUT2D eigenvalue weighted by Crippen LogP contribution is 2.23. The van der Waals surface area contributed by atoms with Gasteiger partial charge < -0.3 is 14.7 Å². The number of likely N-dealkylation sites (N-methyl/N-ethyl adjacent to an activating group) is 1. The minimum absolute atomic E-state index is 0.0236. The van der Waals surface area contributed by atoms with Gasteiger partial charge in [-0.05, 0) is 31.5 Å². The van der Waals surface area contributed by atoms with Crippen LogP contribution in [0.2, 0.25) is 5.02 Å². The van der Waals surface area contributed by atoms with E-state index >= 15 is 0 Å². The molecule has 4 heteroatoms. The number of nitrogens with zero attached hydrogens (tertiary/aromatic N) is 1. The highest BCUT2D eigenvalue weighted by molar-refractivity contribution is 6.31. The Morgan fingerprint density at radius 2 is 2.12 bits per heavy atom. The predicted octanol–water partition coefficient (Wildman–Crippen LogP) is 2.70. The van der Waals surface area contributed by atoms with Crippen LogP contribution in [-0.2, 0) is 11.3 Å². The molecule has 0 atom stereocenters. The smallest absolute Gasteiger partial charge is 0.0696 e. The second-order valence-electron chi connectivity index (χ2n) is 3.71. The number of hydrogen-bond acceptors (Lipinski definition) is 3. The van der Waals surface area contributed by atoms with Crippen molar-refractivity contribution in [3.8, 4) is 0 Å². The number of benzene rings is 1. The SMILES string of the molecule is CCOCCN(CC)c1ccc(CO)c(Cl)c1. The fraction of sp³-hybridized carbons (Fsp3) is 0.538. The van der Waals surface area contributed by atoms with E-state index in [0.29, 0.717) is 11.6 Å². The maximum Gasteiger partial charge on any atom is 0.0696 e. The average molecular weight is 258 g/mol. The molecule has 1 N–H and O–H groups in total. The van der Waals surface area contributed by atoms with E-state index in [-0.39, 0.29) is 6.61 Å². The standard InChI is InChI=1S/C13H20ClNO2/c1-3-15(7-8-17-4-2)12-6-5-11(10-16)13(14)9-12/h5-6,9,16H,3-4,7-8,10H2,1-2H3. The van der Waals surface area contributed by atoms with Crippen LogP contribution in [0, 0.1) is 0 Å². The minimum atomic E-state index is -0.0236. The summed E-state index contributed by atoms with van der Waals surface area (Å²) in [5.41, 5.74) is 1.82. The fourth-order valence-electron chi connectivity index (χ4n) is 1.65. The molecule has 0 unspecified atom stereocenters. The van der Waals surface area contributed by atoms with Crippen LogP contribution in [0.25, 0.3) is 0 Å². The molecule has 0 fully saturated rings. The first kappa shape index (κ1) is 14.3. The second kappa shape index (κ2) is 7.54. The number of ether oxygens (including phenoxy) is 1. The normalized spacial score (nSPS) is 10.6. The largest absolute Gasteiger partial charge is 0.392 e. The fourth-order valence-corrected chi connectivity index (χ4v) is 1.88. The maximum absolute atomic E-state index is 9.06. The third-order valence-electron chi connectivity index (χ3n) is 2.66. The number of halogens is 1. The van der Waals surface area contributed by atoms with Gasteiger partial charge in [-0.3, -0.25) is 0 Å². The van der Waals surface area contributed by atoms with Gasteiger partial charge >= 0.3 is 0 Å². The summed E-state index contributed by atoms with van der Waals surface area (Å²) in [6.45, 7) is 7.26. The molecule has 17 heavy (non-hydrogen) atoms. The molecule has 0 saturated carbocycles. The van der Waals surface area contributed by atoms with Crippen LogP contribution >= 0.6 is 11.6 Å². The van der Waals surface area contributed by atoms with Crippen molar-refractivity contribution >= 4 is 17.3 Å². The molecule has 1 rings (SSSR count). The zero-order valence-corrected chi connectivity index (χ0v) is 11.2. The van der Waals surface area contributed by atoms with E-state index in [9.17, 15) is 0 Å². The predicted molar refractivity (Wildman–Crippen MR) is 71.8 cm³/mol. The van der Waals surface area contributed by atoms with E-state index in [1.165, 1.54) is 0 Å². The number of aliphatic hydroxyl groups excluding tert-OH is 1. The third-order valence-corrected chi connectivity index (χ3v) is 3.02. The molecular weight excluding hydrogens is 238 g/mol. The van der Waals surface area contributed by atoms with Gasteiger partial charge in [0.15, 0.2) is 0 Å². The first-order valence-electron chi connectivity index (χ1n) is 5.94. The molecular formula is C13H20ClNO2. The molecule has 0 aromatic heterocycles. The van der Waals surface area contributed by atoms with Crippen molar-refractivity contribution in [2.45, 2.75) is 20.5 Å². The van der Waals surface area contributed by atoms with Gasteiger partial charge in [-0.15, -0.1) is 0 Å². The quantitative estimate of drug-likeness (QED) is 0.763. The monoisotopic (exact) mass is 257 g/mol. The van der Waals surface area contributed by atoms with Crippen molar-refractivity contribution in [2.75, 3.05) is 31.2 Å². The molecule has 0 amide bonds. The Morgan fingerprint density at radius 3 is 2.65 bits per heavy atom. The van der Waals surface area contributed by atoms with Crippen molar-refractivity contribution in [3.05, 3.63) is 28.8 Å². The van der Waals surface area contributed by atoms with Gasteiger partial charge in [0.1, 0.15) is 0 Å². The lowest BCUT2D eigenvalue weighted by molar-refractivity contribution is 0.154. The minimum Gasteiger partial charge on any atom is -0.392 e. The molecule has 0 aliphatic carbocycles. The van der Waals surface area contributed by atoms with Crippen molar-refractivity contribution in [2.24, 2.45) is 0 Å². The van der Waals surface area contributed by atoms with Crippen molar-refractivity contribution in [1.29, 1.82) is 0 Å². The Labute approximate surface area is 108 Å². The molecule has 0 radical (unpaired) electrons. The van der Waals surface area contributed by atoms with Crippen LogP contribution < -0.4 is 4.90 Å². The summed E-state index contributed by atoms with van der Waals surface area (Å²) >= 11 is 6.07. The number of aliphatic hydroxyl groups is 1. The molecule has 0 saturated heterocycles. The van der Waals surface area contributed by atoms with Crippen LogP contribution in [0.1, 0.15) is 19.4 Å². The van der Waals surface area contributed by atoms with E-state index < -0.39 is 0 Å². The van der Waals surface area contributed by atoms with E-state index in [2.05, 4.69) is 11.8 Å². The molecule has 0 aliphatic heterocycles. The van der Waals surface area contributed by atoms with Crippen LogP contribution in [-0.4, -0.2) is 31.4 Å². The van der Waals surface area contributed by atoms with E-state index in [0.717, 1.165) is 30.9 Å². The average Bonchev–Trinajstić information content (AvgIpc) is 2.35. The van der Waals surface area contributed by atoms with Crippen LogP contribution in [0.15, 0.2) is 18.2 Å². The first-order chi connectivity index (χ1) is 8.22. The number of hydrogen-bond donors (Lipinski definition) is 1. The summed E-state index contributed by atoms with van der Waals surface area (Å²) in [6, 6.07) is 5.73. The second-order valence-corrected chi connectivity index (χ2v) is 4.12. The Morgan fingerprint density at radius 1 is 1.35 bits per heavy atom. The summed E-state index contributed by atoms with van der Waals surface area (Å²) in [5.74, 6) is 0. The summed E-state index contributed by atoms with van der Waals surface area (Å²) in [7, 11) is 0. The van der Waals surface area contributed by atoms with Crippen LogP contribution in [0.4, 0.5) is 5.69 Å². The zero-order chi connectivity index (χ0) is 12.7. The van der Waals surface area contributed by atoms with Gasteiger partial charge in [-0.1, -0.05) is 17.7 Å². The van der Waals surface area contributed by atoms with Gasteiger partial charge in [-0.25, -0.2) is 0 Å². The third kappa shape index (κ3) is 4.19. The molecule has 0 aliphatic rings. The Bertz CT molecular complexity index is 344. The first-order valence-corrected chi connectivity index (χ1v) is 6.32. The molecule has 1 aromatic carbocycles. The highest BCUT2D eigenvalue weighted by Gasteiger charge is 2.07. The molecule has 96 valence electrons. The maximum atomic E-state index is 9.06. The molecule has 0 spiro atoms. The van der Waals surface area contributed by atoms with Crippen molar-refractivity contribution < 1.29 is 9.84 Å². The Kier molecular flexibility index (Phi) is 6.34. The topological polar surface area (TPSA) is 32.7 Å². The van der Waals surface area contributed by atoms with Gasteiger partial charge in [0, 0.05) is 30.4 Å². The lowest BCUT2D eigenvalue weighted by Gasteiger charge is -2.23. The molecule has 1 aromatic rings. The summed E-state index contributed by atoms with van der Waals surface area (Å²) in [5, 5.41) is 9.67. The van der Waals surface area contributed by atoms with Gasteiger partial charge in [0.25, 0.3) is 0 Å². The number of anilines is 1. The highest BCUT2D eigenvalue weighted by atomic mass is 35.5. The lowest BCUT2D eigenvalue weighted by Crippen LogP contribution is -2.27. The van der Waals surface area contributed by atoms with E-state index in [4.69, 9.17) is 21.4 Å². The molecule has 0 heterocycles. The van der Waals surface area contributed by atoms with Crippen molar-refractivity contribution in [1.82, 2.24) is 0 Å². The van der Waals surface area contributed by atoms with E-state index in [1.807, 2.05) is 25.1 Å². The zero-order valence-electron chi connectivity index (χ0n) is 10.4. The molecule has 3 nitrogen and oxygen atoms in total. The number of rotatable bonds is 7. The van der Waals surface area contributed by atoms with Crippen molar-refractivity contribution in [3.63, 3.8) is 0 Å². The van der Waals surface area contributed by atoms with Gasteiger partial charge in [-0.2, -0.15) is 0 Å². The Balaban J connectivity index is 2.71. The van der Waals surface area contributed by atoms with Crippen LogP contribution in [0.5, 0.6) is 0 Å². The van der Waals surface area contributed by atoms with Gasteiger partial charge in [0.2, 0.25) is 0 Å². The Hall–Kier alpha value is -0.770. The summed E-state index contributed by atoms with van der Waals surface area (Å²) in [6.07, 6.45) is 0. The van der Waals surface area contributed by atoms with E-state index in [1.54, 1.807) is 0 Å². The van der Waals surface area contributed by atoms with Crippen LogP contribution in [0.3, 0.4) is 0 Å². The summed E-state index contributed by atoms with van der Waals surface area (Å²) < 4.78 is 5.35. The lowest BCUT2D eigenvalue weighted by atomic mass is 10.2. The molecule has 0 bridgehead atoms.